The fourth-order valence-electron chi connectivity index (χ4n) is 2.16. The van der Waals surface area contributed by atoms with E-state index in [-0.39, 0.29) is 0 Å². The van der Waals surface area contributed by atoms with Crippen molar-refractivity contribution in [1.82, 2.24) is 0 Å². The van der Waals surface area contributed by atoms with Crippen LogP contribution >= 0.6 is 11.3 Å². The van der Waals surface area contributed by atoms with Gasteiger partial charge in [0.05, 0.1) is 0 Å². The first-order valence-electron chi connectivity index (χ1n) is 4.88. The highest BCUT2D eigenvalue weighted by Crippen LogP contribution is 2.32. The van der Waals surface area contributed by atoms with Crippen LogP contribution in [-0.2, 0) is 6.42 Å². The average molecular weight is 202 g/mol. The molecule has 0 unspecified atom stereocenters. The van der Waals surface area contributed by atoms with Gasteiger partial charge in [0, 0.05) is 16.7 Å². The van der Waals surface area contributed by atoms with E-state index in [9.17, 15) is 4.79 Å². The Morgan fingerprint density at radius 2 is 2.07 bits per heavy atom. The van der Waals surface area contributed by atoms with Crippen LogP contribution in [0, 0.1) is 0 Å². The molecule has 0 spiro atoms. The minimum absolute atomic E-state index is 0.321. The van der Waals surface area contributed by atoms with E-state index >= 15 is 0 Å². The molecule has 0 N–H and O–H groups in total. The first kappa shape index (κ1) is 8.18. The lowest BCUT2D eigenvalue weighted by Gasteiger charge is -2.14. The topological polar surface area (TPSA) is 17.1 Å². The van der Waals surface area contributed by atoms with Crippen LogP contribution in [0.5, 0.6) is 0 Å². The van der Waals surface area contributed by atoms with E-state index in [1.54, 1.807) is 11.3 Å². The zero-order valence-corrected chi connectivity index (χ0v) is 8.56. The third-order valence-corrected chi connectivity index (χ3v) is 3.85. The minimum Gasteiger partial charge on any atom is -0.294 e. The van der Waals surface area contributed by atoms with E-state index in [0.717, 1.165) is 24.8 Å². The minimum atomic E-state index is 0.321. The second-order valence-corrected chi connectivity index (χ2v) is 4.62. The Balaban J connectivity index is 2.38. The van der Waals surface area contributed by atoms with Gasteiger partial charge in [0.25, 0.3) is 0 Å². The van der Waals surface area contributed by atoms with Crippen LogP contribution in [0.1, 0.15) is 28.8 Å². The van der Waals surface area contributed by atoms with Gasteiger partial charge in [0.15, 0.2) is 5.78 Å². The van der Waals surface area contributed by atoms with Gasteiger partial charge in [-0.15, -0.1) is 11.3 Å². The van der Waals surface area contributed by atoms with Crippen molar-refractivity contribution in [2.45, 2.75) is 19.3 Å². The van der Waals surface area contributed by atoms with Gasteiger partial charge in [-0.05, 0) is 35.2 Å². The summed E-state index contributed by atoms with van der Waals surface area (Å²) in [6.45, 7) is 0. The maximum Gasteiger partial charge on any atom is 0.163 e. The average Bonchev–Trinajstić information content (AvgIpc) is 2.66. The Morgan fingerprint density at radius 3 is 3.00 bits per heavy atom. The van der Waals surface area contributed by atoms with Crippen molar-refractivity contribution in [2.75, 3.05) is 0 Å². The molecule has 0 saturated carbocycles. The van der Waals surface area contributed by atoms with Gasteiger partial charge in [0.1, 0.15) is 0 Å². The van der Waals surface area contributed by atoms with E-state index < -0.39 is 0 Å². The number of Topliss-reactive ketones (excluding diaryl/α,β-unsaturated/α-hetero) is 1. The van der Waals surface area contributed by atoms with Gasteiger partial charge >= 0.3 is 0 Å². The first-order valence-corrected chi connectivity index (χ1v) is 5.76. The van der Waals surface area contributed by atoms with Crippen molar-refractivity contribution in [2.24, 2.45) is 0 Å². The molecule has 1 heterocycles. The Labute approximate surface area is 86.4 Å². The molecule has 3 rings (SSSR count). The third-order valence-electron chi connectivity index (χ3n) is 2.86. The van der Waals surface area contributed by atoms with E-state index in [0.29, 0.717) is 5.78 Å². The van der Waals surface area contributed by atoms with Gasteiger partial charge < -0.3 is 0 Å². The molecule has 1 aromatic heterocycles. The second kappa shape index (κ2) is 2.92. The first-order chi connectivity index (χ1) is 6.86. The standard InChI is InChI=1S/C12H10OS/c13-11-3-1-2-10-9(11)5-4-8-6-7-14-12(8)10/h4-7H,1-3H2. The third kappa shape index (κ3) is 1.04. The SMILES string of the molecule is O=C1CCCc2c1ccc1ccsc21. The van der Waals surface area contributed by atoms with Crippen LogP contribution in [0.25, 0.3) is 10.1 Å². The van der Waals surface area contributed by atoms with E-state index in [4.69, 9.17) is 0 Å². The predicted octanol–water partition coefficient (Wildman–Crippen LogP) is 3.42. The zero-order chi connectivity index (χ0) is 9.54. The highest BCUT2D eigenvalue weighted by Gasteiger charge is 2.19. The predicted molar refractivity (Wildman–Crippen MR) is 59.1 cm³/mol. The summed E-state index contributed by atoms with van der Waals surface area (Å²) in [6.07, 6.45) is 2.81. The van der Waals surface area contributed by atoms with E-state index in [1.807, 2.05) is 6.07 Å². The molecule has 1 aliphatic rings. The van der Waals surface area contributed by atoms with Crippen molar-refractivity contribution in [3.8, 4) is 0 Å². The molecule has 1 nitrogen and oxygen atoms in total. The Kier molecular flexibility index (Phi) is 1.71. The van der Waals surface area contributed by atoms with E-state index in [1.165, 1.54) is 15.6 Å². The lowest BCUT2D eigenvalue weighted by atomic mass is 9.90. The van der Waals surface area contributed by atoms with Crippen LogP contribution in [0.4, 0.5) is 0 Å². The number of thiophene rings is 1. The van der Waals surface area contributed by atoms with Gasteiger partial charge in [0.2, 0.25) is 0 Å². The summed E-state index contributed by atoms with van der Waals surface area (Å²) in [5.41, 5.74) is 2.25. The molecule has 14 heavy (non-hydrogen) atoms. The number of hydrogen-bond donors (Lipinski definition) is 0. The summed E-state index contributed by atoms with van der Waals surface area (Å²) in [4.78, 5) is 11.7. The summed E-state index contributed by atoms with van der Waals surface area (Å²) in [5, 5.41) is 3.38. The lowest BCUT2D eigenvalue weighted by molar-refractivity contribution is 0.0973. The Bertz CT molecular complexity index is 510. The maximum atomic E-state index is 11.7. The molecule has 0 aliphatic heterocycles. The molecule has 1 aromatic carbocycles. The Morgan fingerprint density at radius 1 is 1.14 bits per heavy atom. The zero-order valence-electron chi connectivity index (χ0n) is 7.75. The molecular formula is C12H10OS. The molecule has 0 saturated heterocycles. The van der Waals surface area contributed by atoms with Crippen LogP contribution in [0.3, 0.4) is 0 Å². The number of benzene rings is 1. The van der Waals surface area contributed by atoms with Gasteiger partial charge in [-0.25, -0.2) is 0 Å². The summed E-state index contributed by atoms with van der Waals surface area (Å²) in [5.74, 6) is 0.321. The fourth-order valence-corrected chi connectivity index (χ4v) is 3.14. The van der Waals surface area contributed by atoms with Crippen LogP contribution < -0.4 is 0 Å². The summed E-state index contributed by atoms with van der Waals surface area (Å²) < 4.78 is 1.32. The highest BCUT2D eigenvalue weighted by molar-refractivity contribution is 7.17. The number of fused-ring (bicyclic) bond motifs is 3. The largest absolute Gasteiger partial charge is 0.294 e. The van der Waals surface area contributed by atoms with Crippen molar-refractivity contribution in [1.29, 1.82) is 0 Å². The maximum absolute atomic E-state index is 11.7. The number of ketones is 1. The van der Waals surface area contributed by atoms with Gasteiger partial charge in [-0.2, -0.15) is 0 Å². The highest BCUT2D eigenvalue weighted by atomic mass is 32.1. The van der Waals surface area contributed by atoms with Crippen LogP contribution in [-0.4, -0.2) is 5.78 Å². The molecule has 2 heteroatoms. The quantitative estimate of drug-likeness (QED) is 0.639. The van der Waals surface area contributed by atoms with Crippen molar-refractivity contribution in [3.63, 3.8) is 0 Å². The lowest BCUT2D eigenvalue weighted by Crippen LogP contribution is -2.10. The van der Waals surface area contributed by atoms with Crippen LogP contribution in [0.2, 0.25) is 0 Å². The van der Waals surface area contributed by atoms with Crippen LogP contribution in [0.15, 0.2) is 23.6 Å². The molecule has 0 radical (unpaired) electrons. The molecule has 1 aliphatic carbocycles. The molecule has 0 atom stereocenters. The summed E-state index contributed by atoms with van der Waals surface area (Å²) in [7, 11) is 0. The van der Waals surface area contributed by atoms with E-state index in [2.05, 4.69) is 17.5 Å². The summed E-state index contributed by atoms with van der Waals surface area (Å²) in [6, 6.07) is 6.18. The molecule has 70 valence electrons. The number of carbonyl (C=O) groups excluding carboxylic acids is 1. The number of hydrogen-bond acceptors (Lipinski definition) is 2. The number of carbonyl (C=O) groups is 1. The van der Waals surface area contributed by atoms with Crippen molar-refractivity contribution >= 4 is 27.2 Å². The molecule has 0 bridgehead atoms. The fraction of sp³-hybridized carbons (Fsp3) is 0.250. The molecule has 2 aromatic rings. The van der Waals surface area contributed by atoms with Crippen molar-refractivity contribution < 1.29 is 4.79 Å². The van der Waals surface area contributed by atoms with Gasteiger partial charge in [-0.3, -0.25) is 4.79 Å². The van der Waals surface area contributed by atoms with Gasteiger partial charge in [-0.1, -0.05) is 12.1 Å². The molecular weight excluding hydrogens is 192 g/mol. The monoisotopic (exact) mass is 202 g/mol. The molecule has 0 fully saturated rings. The Hall–Kier alpha value is -1.15. The van der Waals surface area contributed by atoms with Crippen molar-refractivity contribution in [3.05, 3.63) is 34.7 Å². The summed E-state index contributed by atoms with van der Waals surface area (Å²) >= 11 is 1.75. The second-order valence-electron chi connectivity index (χ2n) is 3.71. The molecule has 0 amide bonds. The normalized spacial score (nSPS) is 15.9. The smallest absolute Gasteiger partial charge is 0.163 e. The number of aryl methyl sites for hydroxylation is 1. The number of rotatable bonds is 0.